The molecule has 0 saturated heterocycles. The number of halogens is 3. The van der Waals surface area contributed by atoms with E-state index >= 15 is 0 Å². The van der Waals surface area contributed by atoms with Crippen molar-refractivity contribution in [2.24, 2.45) is 0 Å². The third-order valence-corrected chi connectivity index (χ3v) is 2.45. The third kappa shape index (κ3) is 3.03. The topological polar surface area (TPSA) is 41.5 Å². The number of alkyl halides is 3. The van der Waals surface area contributed by atoms with E-state index in [4.69, 9.17) is 9.84 Å². The van der Waals surface area contributed by atoms with Gasteiger partial charge in [0.1, 0.15) is 5.75 Å². The lowest BCUT2D eigenvalue weighted by molar-refractivity contribution is -0.182. The van der Waals surface area contributed by atoms with Crippen LogP contribution in [-0.2, 0) is 0 Å². The molecule has 1 atom stereocenters. The van der Waals surface area contributed by atoms with Crippen LogP contribution in [0.15, 0.2) is 24.3 Å². The highest BCUT2D eigenvalue weighted by Gasteiger charge is 2.50. The highest BCUT2D eigenvalue weighted by atomic mass is 19.4. The summed E-state index contributed by atoms with van der Waals surface area (Å²) >= 11 is 0. The predicted octanol–water partition coefficient (Wildman–Crippen LogP) is 2.42. The zero-order valence-electron chi connectivity index (χ0n) is 9.51. The number of benzene rings is 1. The number of rotatable bonds is 4. The van der Waals surface area contributed by atoms with Crippen LogP contribution < -0.4 is 10.1 Å². The highest BCUT2D eigenvalue weighted by Crippen LogP contribution is 2.33. The average molecular weight is 249 g/mol. The largest absolute Gasteiger partial charge is 0.497 e. The second kappa shape index (κ2) is 4.83. The Kier molecular flexibility index (Phi) is 3.87. The summed E-state index contributed by atoms with van der Waals surface area (Å²) in [6.45, 7) is -0.139. The van der Waals surface area contributed by atoms with E-state index in [2.05, 4.69) is 5.32 Å². The fourth-order valence-electron chi connectivity index (χ4n) is 1.19. The molecular formula is C11H14F3NO2. The van der Waals surface area contributed by atoms with Crippen LogP contribution in [0, 0.1) is 0 Å². The molecule has 0 spiro atoms. The van der Waals surface area contributed by atoms with Crippen LogP contribution in [0.3, 0.4) is 0 Å². The first-order valence-electron chi connectivity index (χ1n) is 4.92. The van der Waals surface area contributed by atoms with Crippen molar-refractivity contribution in [1.29, 1.82) is 0 Å². The normalized spacial score (nSPS) is 15.2. The smallest absolute Gasteiger partial charge is 0.413 e. The molecule has 1 rings (SSSR count). The summed E-state index contributed by atoms with van der Waals surface area (Å²) in [6, 6.07) is 5.99. The Morgan fingerprint density at radius 2 is 1.76 bits per heavy atom. The number of aliphatic hydroxyl groups excluding tert-OH is 1. The van der Waals surface area contributed by atoms with Crippen molar-refractivity contribution in [3.05, 3.63) is 24.3 Å². The van der Waals surface area contributed by atoms with Gasteiger partial charge in [-0.1, -0.05) is 0 Å². The van der Waals surface area contributed by atoms with E-state index in [1.165, 1.54) is 31.4 Å². The SMILES string of the molecule is COc1ccc(NC(C)(CO)C(F)(F)F)cc1. The van der Waals surface area contributed by atoms with Crippen LogP contribution in [0.2, 0.25) is 0 Å². The lowest BCUT2D eigenvalue weighted by atomic mass is 10.0. The number of aliphatic hydroxyl groups is 1. The fraction of sp³-hybridized carbons (Fsp3) is 0.455. The van der Waals surface area contributed by atoms with Gasteiger partial charge in [0.2, 0.25) is 0 Å². The summed E-state index contributed by atoms with van der Waals surface area (Å²) in [5, 5.41) is 11.1. The maximum Gasteiger partial charge on any atom is 0.413 e. The number of hydrogen-bond donors (Lipinski definition) is 2. The minimum atomic E-state index is -4.54. The molecule has 0 aliphatic rings. The minimum absolute atomic E-state index is 0.264. The summed E-state index contributed by atoms with van der Waals surface area (Å²) in [4.78, 5) is 0. The van der Waals surface area contributed by atoms with Gasteiger partial charge < -0.3 is 15.2 Å². The summed E-state index contributed by atoms with van der Waals surface area (Å²) in [5.74, 6) is 0.549. The van der Waals surface area contributed by atoms with E-state index in [0.29, 0.717) is 5.75 Å². The quantitative estimate of drug-likeness (QED) is 0.861. The average Bonchev–Trinajstić information content (AvgIpc) is 2.28. The summed E-state index contributed by atoms with van der Waals surface area (Å²) in [6.07, 6.45) is -4.54. The van der Waals surface area contributed by atoms with Gasteiger partial charge in [0.15, 0.2) is 5.54 Å². The van der Waals surface area contributed by atoms with Gasteiger partial charge in [-0.15, -0.1) is 0 Å². The van der Waals surface area contributed by atoms with Crippen LogP contribution in [0.25, 0.3) is 0 Å². The molecule has 3 nitrogen and oxygen atoms in total. The third-order valence-electron chi connectivity index (χ3n) is 2.45. The molecule has 2 N–H and O–H groups in total. The standard InChI is InChI=1S/C11H14F3NO2/c1-10(7-16,11(12,13)14)15-8-3-5-9(17-2)6-4-8/h3-6,15-16H,7H2,1-2H3. The van der Waals surface area contributed by atoms with Crippen LogP contribution in [0.4, 0.5) is 18.9 Å². The molecular weight excluding hydrogens is 235 g/mol. The van der Waals surface area contributed by atoms with E-state index in [0.717, 1.165) is 6.92 Å². The Morgan fingerprint density at radius 3 is 2.12 bits per heavy atom. The fourth-order valence-corrected chi connectivity index (χ4v) is 1.19. The van der Waals surface area contributed by atoms with Gasteiger partial charge in [-0.3, -0.25) is 0 Å². The molecule has 0 amide bonds. The Hall–Kier alpha value is -1.43. The van der Waals surface area contributed by atoms with Gasteiger partial charge in [0.05, 0.1) is 13.7 Å². The zero-order chi connectivity index (χ0) is 13.1. The molecule has 17 heavy (non-hydrogen) atoms. The van der Waals surface area contributed by atoms with Crippen molar-refractivity contribution in [1.82, 2.24) is 0 Å². The molecule has 1 unspecified atom stereocenters. The molecule has 1 aromatic carbocycles. The van der Waals surface area contributed by atoms with Crippen molar-refractivity contribution < 1.29 is 23.0 Å². The molecule has 0 saturated carbocycles. The molecule has 6 heteroatoms. The Morgan fingerprint density at radius 1 is 1.24 bits per heavy atom. The van der Waals surface area contributed by atoms with Gasteiger partial charge in [-0.2, -0.15) is 13.2 Å². The Bertz CT molecular complexity index is 364. The Balaban J connectivity index is 2.87. The second-order valence-corrected chi connectivity index (χ2v) is 3.84. The van der Waals surface area contributed by atoms with Crippen molar-refractivity contribution in [2.75, 3.05) is 19.0 Å². The van der Waals surface area contributed by atoms with Gasteiger partial charge in [0.25, 0.3) is 0 Å². The first kappa shape index (κ1) is 13.6. The molecule has 96 valence electrons. The van der Waals surface area contributed by atoms with E-state index < -0.39 is 18.3 Å². The zero-order valence-corrected chi connectivity index (χ0v) is 9.51. The number of hydrogen-bond acceptors (Lipinski definition) is 3. The van der Waals surface area contributed by atoms with Gasteiger partial charge in [-0.05, 0) is 31.2 Å². The predicted molar refractivity (Wildman–Crippen MR) is 58.2 cm³/mol. The molecule has 0 aliphatic carbocycles. The monoisotopic (exact) mass is 249 g/mol. The highest BCUT2D eigenvalue weighted by molar-refractivity contribution is 5.48. The summed E-state index contributed by atoms with van der Waals surface area (Å²) < 4.78 is 43.0. The van der Waals surface area contributed by atoms with Crippen molar-refractivity contribution in [2.45, 2.75) is 18.6 Å². The molecule has 0 bridgehead atoms. The van der Waals surface area contributed by atoms with Crippen LogP contribution in [0.1, 0.15) is 6.92 Å². The Labute approximate surface area is 97.2 Å². The molecule has 1 aromatic rings. The lowest BCUT2D eigenvalue weighted by Gasteiger charge is -2.32. The van der Waals surface area contributed by atoms with Crippen molar-refractivity contribution in [3.63, 3.8) is 0 Å². The van der Waals surface area contributed by atoms with Crippen molar-refractivity contribution in [3.8, 4) is 5.75 Å². The lowest BCUT2D eigenvalue weighted by Crippen LogP contribution is -2.52. The first-order valence-corrected chi connectivity index (χ1v) is 4.92. The number of ether oxygens (including phenoxy) is 1. The van der Waals surface area contributed by atoms with Crippen LogP contribution in [-0.4, -0.2) is 30.5 Å². The van der Waals surface area contributed by atoms with E-state index in [1.54, 1.807) is 0 Å². The van der Waals surface area contributed by atoms with Gasteiger partial charge in [-0.25, -0.2) is 0 Å². The molecule has 0 aromatic heterocycles. The maximum atomic E-state index is 12.7. The molecule has 0 fully saturated rings. The minimum Gasteiger partial charge on any atom is -0.497 e. The molecule has 0 heterocycles. The van der Waals surface area contributed by atoms with E-state index in [1.807, 2.05) is 0 Å². The van der Waals surface area contributed by atoms with Crippen LogP contribution >= 0.6 is 0 Å². The van der Waals surface area contributed by atoms with Gasteiger partial charge >= 0.3 is 6.18 Å². The molecule has 0 aliphatic heterocycles. The number of anilines is 1. The van der Waals surface area contributed by atoms with Crippen LogP contribution in [0.5, 0.6) is 5.75 Å². The summed E-state index contributed by atoms with van der Waals surface area (Å²) in [5.41, 5.74) is -2.10. The van der Waals surface area contributed by atoms with Crippen molar-refractivity contribution >= 4 is 5.69 Å². The molecule has 0 radical (unpaired) electrons. The van der Waals surface area contributed by atoms with E-state index in [-0.39, 0.29) is 5.69 Å². The first-order chi connectivity index (χ1) is 7.82. The number of nitrogens with one attached hydrogen (secondary N) is 1. The van der Waals surface area contributed by atoms with E-state index in [9.17, 15) is 13.2 Å². The number of methoxy groups -OCH3 is 1. The summed E-state index contributed by atoms with van der Waals surface area (Å²) in [7, 11) is 1.47. The maximum absolute atomic E-state index is 12.7. The van der Waals surface area contributed by atoms with Gasteiger partial charge in [0, 0.05) is 5.69 Å². The second-order valence-electron chi connectivity index (χ2n) is 3.84.